The van der Waals surface area contributed by atoms with E-state index in [4.69, 9.17) is 9.78 Å². The van der Waals surface area contributed by atoms with Crippen LogP contribution >= 0.6 is 0 Å². The first-order valence-electron chi connectivity index (χ1n) is 6.42. The summed E-state index contributed by atoms with van der Waals surface area (Å²) in [5.41, 5.74) is 1.33. The van der Waals surface area contributed by atoms with Crippen LogP contribution in [0, 0.1) is 23.1 Å². The Kier molecular flexibility index (Phi) is 3.18. The normalized spacial score (nSPS) is 17.7. The van der Waals surface area contributed by atoms with E-state index in [1.807, 2.05) is 0 Å². The van der Waals surface area contributed by atoms with Gasteiger partial charge in [-0.15, -0.1) is 0 Å². The first-order chi connectivity index (χ1) is 9.26. The topological polar surface area (TPSA) is 53.1 Å². The van der Waals surface area contributed by atoms with E-state index in [2.05, 4.69) is 16.1 Å². The highest BCUT2D eigenvalue weighted by Crippen LogP contribution is 2.23. The van der Waals surface area contributed by atoms with Crippen LogP contribution in [0.2, 0.25) is 0 Å². The minimum absolute atomic E-state index is 0.180. The van der Waals surface area contributed by atoms with Crippen LogP contribution in [0.3, 0.4) is 0 Å². The highest BCUT2D eigenvalue weighted by atomic mass is 19.1. The second kappa shape index (κ2) is 4.98. The Hall–Kier alpha value is -1.93. The van der Waals surface area contributed by atoms with Crippen molar-refractivity contribution in [2.45, 2.75) is 19.4 Å². The standard InChI is InChI=1S/C14H14FN3O/c15-11-1-2-12-13(17-19-14(12)7-11)9-18-5-3-10(8-16)4-6-18/h1-2,7,10H,3-6,9H2. The molecule has 5 heteroatoms. The third-order valence-electron chi connectivity index (χ3n) is 3.65. The Labute approximate surface area is 110 Å². The predicted octanol–water partition coefficient (Wildman–Crippen LogP) is 2.70. The zero-order valence-corrected chi connectivity index (χ0v) is 10.5. The molecule has 0 atom stereocenters. The van der Waals surface area contributed by atoms with Gasteiger partial charge in [-0.1, -0.05) is 5.16 Å². The molecule has 4 nitrogen and oxygen atoms in total. The average molecular weight is 259 g/mol. The number of nitriles is 1. The summed E-state index contributed by atoms with van der Waals surface area (Å²) in [6, 6.07) is 6.80. The van der Waals surface area contributed by atoms with E-state index in [9.17, 15) is 4.39 Å². The van der Waals surface area contributed by atoms with Gasteiger partial charge in [0.2, 0.25) is 0 Å². The molecule has 19 heavy (non-hydrogen) atoms. The molecule has 3 rings (SSSR count). The molecule has 1 aromatic heterocycles. The van der Waals surface area contributed by atoms with Crippen LogP contribution in [0.5, 0.6) is 0 Å². The van der Waals surface area contributed by atoms with Gasteiger partial charge in [0, 0.05) is 23.9 Å². The maximum absolute atomic E-state index is 13.1. The zero-order valence-electron chi connectivity index (χ0n) is 10.5. The van der Waals surface area contributed by atoms with Crippen LogP contribution in [0.25, 0.3) is 11.0 Å². The van der Waals surface area contributed by atoms with Gasteiger partial charge in [0.05, 0.1) is 6.07 Å². The summed E-state index contributed by atoms with van der Waals surface area (Å²) in [6.07, 6.45) is 1.81. The summed E-state index contributed by atoms with van der Waals surface area (Å²) >= 11 is 0. The van der Waals surface area contributed by atoms with Gasteiger partial charge >= 0.3 is 0 Å². The number of hydrogen-bond acceptors (Lipinski definition) is 4. The molecule has 1 aliphatic rings. The lowest BCUT2D eigenvalue weighted by Gasteiger charge is -2.28. The fraction of sp³-hybridized carbons (Fsp3) is 0.429. The van der Waals surface area contributed by atoms with E-state index in [1.165, 1.54) is 12.1 Å². The molecule has 1 saturated heterocycles. The van der Waals surface area contributed by atoms with Crippen molar-refractivity contribution in [1.82, 2.24) is 10.1 Å². The number of fused-ring (bicyclic) bond motifs is 1. The Morgan fingerprint density at radius 3 is 2.95 bits per heavy atom. The SMILES string of the molecule is N#CC1CCN(Cc2noc3cc(F)ccc23)CC1. The molecule has 1 aliphatic heterocycles. The van der Waals surface area contributed by atoms with Crippen molar-refractivity contribution in [2.75, 3.05) is 13.1 Å². The number of nitrogens with zero attached hydrogens (tertiary/aromatic N) is 3. The third kappa shape index (κ3) is 2.45. The summed E-state index contributed by atoms with van der Waals surface area (Å²) < 4.78 is 18.2. The van der Waals surface area contributed by atoms with Crippen molar-refractivity contribution in [3.05, 3.63) is 29.7 Å². The Morgan fingerprint density at radius 2 is 2.21 bits per heavy atom. The highest BCUT2D eigenvalue weighted by Gasteiger charge is 2.20. The van der Waals surface area contributed by atoms with Gasteiger partial charge in [0.25, 0.3) is 0 Å². The number of rotatable bonds is 2. The van der Waals surface area contributed by atoms with Crippen LogP contribution in [-0.2, 0) is 6.54 Å². The average Bonchev–Trinajstić information content (AvgIpc) is 2.82. The number of halogens is 1. The summed E-state index contributed by atoms with van der Waals surface area (Å²) in [7, 11) is 0. The molecule has 2 aromatic rings. The van der Waals surface area contributed by atoms with Crippen LogP contribution in [0.4, 0.5) is 4.39 Å². The second-order valence-corrected chi connectivity index (χ2v) is 4.95. The summed E-state index contributed by atoms with van der Waals surface area (Å²) in [5.74, 6) is -0.135. The van der Waals surface area contributed by atoms with E-state index >= 15 is 0 Å². The molecule has 0 bridgehead atoms. The third-order valence-corrected chi connectivity index (χ3v) is 3.65. The fourth-order valence-electron chi connectivity index (χ4n) is 2.51. The molecule has 98 valence electrons. The lowest BCUT2D eigenvalue weighted by atomic mass is 9.98. The largest absolute Gasteiger partial charge is 0.356 e. The van der Waals surface area contributed by atoms with E-state index < -0.39 is 0 Å². The molecule has 0 aliphatic carbocycles. The molecule has 2 heterocycles. The summed E-state index contributed by atoms with van der Waals surface area (Å²) in [4.78, 5) is 2.26. The number of aromatic nitrogens is 1. The minimum Gasteiger partial charge on any atom is -0.356 e. The first-order valence-corrected chi connectivity index (χ1v) is 6.42. The van der Waals surface area contributed by atoms with Crippen molar-refractivity contribution in [2.24, 2.45) is 5.92 Å². The van der Waals surface area contributed by atoms with Crippen molar-refractivity contribution in [3.8, 4) is 6.07 Å². The van der Waals surface area contributed by atoms with Gasteiger partial charge < -0.3 is 4.52 Å². The summed E-state index contributed by atoms with van der Waals surface area (Å²) in [6.45, 7) is 2.48. The number of hydrogen-bond donors (Lipinski definition) is 0. The fourth-order valence-corrected chi connectivity index (χ4v) is 2.51. The van der Waals surface area contributed by atoms with Gasteiger partial charge in [0.1, 0.15) is 11.5 Å². The van der Waals surface area contributed by atoms with Crippen LogP contribution in [-0.4, -0.2) is 23.1 Å². The Morgan fingerprint density at radius 1 is 1.42 bits per heavy atom. The molecule has 0 radical (unpaired) electrons. The van der Waals surface area contributed by atoms with E-state index in [0.29, 0.717) is 12.1 Å². The molecule has 0 unspecified atom stereocenters. The van der Waals surface area contributed by atoms with Gasteiger partial charge in [-0.25, -0.2) is 4.39 Å². The molecule has 1 aromatic carbocycles. The molecule has 0 amide bonds. The first kappa shape index (κ1) is 12.1. The summed E-state index contributed by atoms with van der Waals surface area (Å²) in [5, 5.41) is 13.8. The predicted molar refractivity (Wildman–Crippen MR) is 67.6 cm³/mol. The molecule has 0 saturated carbocycles. The van der Waals surface area contributed by atoms with Gasteiger partial charge in [0.15, 0.2) is 5.58 Å². The molecule has 0 N–H and O–H groups in total. The van der Waals surface area contributed by atoms with Crippen molar-refractivity contribution >= 4 is 11.0 Å². The molecule has 0 spiro atoms. The quantitative estimate of drug-likeness (QED) is 0.832. The number of benzene rings is 1. The van der Waals surface area contributed by atoms with Gasteiger partial charge in [-0.2, -0.15) is 5.26 Å². The van der Waals surface area contributed by atoms with Gasteiger partial charge in [-0.05, 0) is 38.1 Å². The molecule has 1 fully saturated rings. The highest BCUT2D eigenvalue weighted by molar-refractivity contribution is 5.79. The van der Waals surface area contributed by atoms with Gasteiger partial charge in [-0.3, -0.25) is 4.90 Å². The minimum atomic E-state index is -0.315. The van der Waals surface area contributed by atoms with E-state index in [0.717, 1.165) is 37.0 Å². The van der Waals surface area contributed by atoms with E-state index in [1.54, 1.807) is 6.07 Å². The zero-order chi connectivity index (χ0) is 13.2. The smallest absolute Gasteiger partial charge is 0.170 e. The monoisotopic (exact) mass is 259 g/mol. The van der Waals surface area contributed by atoms with E-state index in [-0.39, 0.29) is 11.7 Å². The number of likely N-dealkylation sites (tertiary alicyclic amines) is 1. The van der Waals surface area contributed by atoms with Crippen molar-refractivity contribution in [3.63, 3.8) is 0 Å². The Balaban J connectivity index is 1.74. The number of piperidine rings is 1. The molecular formula is C14H14FN3O. The van der Waals surface area contributed by atoms with Crippen molar-refractivity contribution in [1.29, 1.82) is 5.26 Å². The van der Waals surface area contributed by atoms with Crippen molar-refractivity contribution < 1.29 is 8.91 Å². The van der Waals surface area contributed by atoms with Crippen LogP contribution in [0.15, 0.2) is 22.7 Å². The maximum atomic E-state index is 13.1. The van der Waals surface area contributed by atoms with Crippen LogP contribution in [0.1, 0.15) is 18.5 Å². The van der Waals surface area contributed by atoms with Crippen LogP contribution < -0.4 is 0 Å². The molecular weight excluding hydrogens is 245 g/mol. The lowest BCUT2D eigenvalue weighted by molar-refractivity contribution is 0.194. The maximum Gasteiger partial charge on any atom is 0.170 e. The lowest BCUT2D eigenvalue weighted by Crippen LogP contribution is -2.32. The second-order valence-electron chi connectivity index (χ2n) is 4.95. The Bertz CT molecular complexity index is 623.